The number of amides is 1. The van der Waals surface area contributed by atoms with Gasteiger partial charge >= 0.3 is 0 Å². The first-order valence-corrected chi connectivity index (χ1v) is 11.3. The third-order valence-corrected chi connectivity index (χ3v) is 7.46. The molecule has 1 saturated carbocycles. The molecule has 31 heavy (non-hydrogen) atoms. The molecule has 2 aromatic carbocycles. The minimum absolute atomic E-state index is 0.244. The number of aldehydes is 1. The molecular formula is C25H29ClN2O3. The molecule has 1 amide bonds. The molecule has 0 radical (unpaired) electrons. The molecule has 1 N–H and O–H groups in total. The summed E-state index contributed by atoms with van der Waals surface area (Å²) in [4.78, 5) is 27.5. The van der Waals surface area contributed by atoms with Crippen LogP contribution in [0.25, 0.3) is 0 Å². The predicted molar refractivity (Wildman–Crippen MR) is 122 cm³/mol. The van der Waals surface area contributed by atoms with Crippen LogP contribution < -0.4 is 4.90 Å². The molecule has 1 heterocycles. The molecule has 6 heteroatoms. The largest absolute Gasteiger partial charge is 0.378 e. The van der Waals surface area contributed by atoms with Gasteiger partial charge in [-0.05, 0) is 60.8 Å². The fraction of sp³-hybridized carbons (Fsp3) is 0.440. The van der Waals surface area contributed by atoms with Gasteiger partial charge in [-0.15, -0.1) is 0 Å². The molecule has 2 aromatic rings. The van der Waals surface area contributed by atoms with E-state index >= 15 is 0 Å². The quantitative estimate of drug-likeness (QED) is 0.650. The first kappa shape index (κ1) is 21.8. The Bertz CT molecular complexity index is 941. The van der Waals surface area contributed by atoms with Crippen molar-refractivity contribution < 1.29 is 14.7 Å². The van der Waals surface area contributed by atoms with E-state index in [4.69, 9.17) is 11.6 Å². The Balaban J connectivity index is 1.25. The standard InChI is InChI=1S/C25H29ClN2O3/c1-27(24(31)23(30)18-5-3-2-4-6-18)12-9-20-16-25(20)10-13-28(14-11-25)21-8-7-19(17-29)22(26)15-21/h2-8,15,17,20,23,30H,9-14,16H2,1H3. The second-order valence-electron chi connectivity index (χ2n) is 8.94. The topological polar surface area (TPSA) is 60.9 Å². The SMILES string of the molecule is CN(CCC1CC12CCN(c1ccc(C=O)c(Cl)c1)CC2)C(=O)C(O)c1ccccc1. The molecule has 164 valence electrons. The average Bonchev–Trinajstić information content (AvgIpc) is 3.48. The summed E-state index contributed by atoms with van der Waals surface area (Å²) in [5, 5.41) is 10.8. The molecule has 5 nitrogen and oxygen atoms in total. The number of rotatable bonds is 7. The summed E-state index contributed by atoms with van der Waals surface area (Å²) >= 11 is 6.19. The Labute approximate surface area is 188 Å². The number of likely N-dealkylation sites (N-methyl/N-ethyl adjacent to an activating group) is 1. The number of aliphatic hydroxyl groups is 1. The lowest BCUT2D eigenvalue weighted by molar-refractivity contribution is -0.139. The van der Waals surface area contributed by atoms with E-state index in [0.717, 1.165) is 44.3 Å². The summed E-state index contributed by atoms with van der Waals surface area (Å²) < 4.78 is 0. The highest BCUT2D eigenvalue weighted by Crippen LogP contribution is 2.61. The lowest BCUT2D eigenvalue weighted by atomic mass is 9.89. The van der Waals surface area contributed by atoms with Crippen LogP contribution >= 0.6 is 11.6 Å². The number of carbonyl (C=O) groups is 2. The summed E-state index contributed by atoms with van der Waals surface area (Å²) in [6.07, 6.45) is 4.15. The van der Waals surface area contributed by atoms with E-state index in [1.165, 1.54) is 6.42 Å². The van der Waals surface area contributed by atoms with E-state index in [0.29, 0.717) is 34.0 Å². The summed E-state index contributed by atoms with van der Waals surface area (Å²) in [7, 11) is 1.78. The highest BCUT2D eigenvalue weighted by atomic mass is 35.5. The monoisotopic (exact) mass is 440 g/mol. The first-order valence-electron chi connectivity index (χ1n) is 10.9. The van der Waals surface area contributed by atoms with Crippen LogP contribution in [0.2, 0.25) is 5.02 Å². The molecule has 2 unspecified atom stereocenters. The maximum absolute atomic E-state index is 12.6. The van der Waals surface area contributed by atoms with Crippen molar-refractivity contribution in [3.63, 3.8) is 0 Å². The van der Waals surface area contributed by atoms with Crippen LogP contribution in [0, 0.1) is 11.3 Å². The molecule has 0 bridgehead atoms. The van der Waals surface area contributed by atoms with Gasteiger partial charge < -0.3 is 14.9 Å². The van der Waals surface area contributed by atoms with Crippen LogP contribution in [0.3, 0.4) is 0 Å². The molecular weight excluding hydrogens is 412 g/mol. The second-order valence-corrected chi connectivity index (χ2v) is 9.34. The fourth-order valence-electron chi connectivity index (χ4n) is 4.92. The minimum atomic E-state index is -1.10. The molecule has 2 fully saturated rings. The van der Waals surface area contributed by atoms with E-state index < -0.39 is 6.10 Å². The molecule has 2 atom stereocenters. The van der Waals surface area contributed by atoms with E-state index in [9.17, 15) is 14.7 Å². The van der Waals surface area contributed by atoms with Gasteiger partial charge in [-0.2, -0.15) is 0 Å². The normalized spacial score (nSPS) is 20.4. The Morgan fingerprint density at radius 3 is 2.61 bits per heavy atom. The molecule has 0 aromatic heterocycles. The molecule has 1 spiro atoms. The van der Waals surface area contributed by atoms with Gasteiger partial charge in [0.1, 0.15) is 0 Å². The maximum atomic E-state index is 12.6. The molecule has 1 saturated heterocycles. The highest BCUT2D eigenvalue weighted by molar-refractivity contribution is 6.33. The Morgan fingerprint density at radius 1 is 1.26 bits per heavy atom. The summed E-state index contributed by atoms with van der Waals surface area (Å²) in [6, 6.07) is 14.7. The summed E-state index contributed by atoms with van der Waals surface area (Å²) in [6.45, 7) is 2.63. The van der Waals surface area contributed by atoms with Crippen molar-refractivity contribution in [2.24, 2.45) is 11.3 Å². The van der Waals surface area contributed by atoms with Gasteiger partial charge in [0.25, 0.3) is 5.91 Å². The van der Waals surface area contributed by atoms with E-state index in [-0.39, 0.29) is 5.91 Å². The number of anilines is 1. The van der Waals surface area contributed by atoms with Crippen molar-refractivity contribution >= 4 is 29.5 Å². The Kier molecular flexibility index (Phi) is 6.35. The maximum Gasteiger partial charge on any atom is 0.255 e. The molecule has 2 aliphatic rings. The van der Waals surface area contributed by atoms with Crippen molar-refractivity contribution in [2.75, 3.05) is 31.6 Å². The third-order valence-electron chi connectivity index (χ3n) is 7.13. The molecule has 4 rings (SSSR count). The zero-order valence-electron chi connectivity index (χ0n) is 17.8. The number of hydrogen-bond donors (Lipinski definition) is 1. The van der Waals surface area contributed by atoms with Crippen LogP contribution in [-0.2, 0) is 4.79 Å². The highest BCUT2D eigenvalue weighted by Gasteiger charge is 2.54. The van der Waals surface area contributed by atoms with Gasteiger partial charge in [-0.3, -0.25) is 9.59 Å². The van der Waals surface area contributed by atoms with Gasteiger partial charge in [-0.25, -0.2) is 0 Å². The lowest BCUT2D eigenvalue weighted by Crippen LogP contribution is -2.36. The van der Waals surface area contributed by atoms with Gasteiger partial charge in [0.15, 0.2) is 12.4 Å². The molecule has 1 aliphatic carbocycles. The van der Waals surface area contributed by atoms with E-state index in [1.807, 2.05) is 30.3 Å². The number of piperidine rings is 1. The Hall–Kier alpha value is -2.37. The van der Waals surface area contributed by atoms with Crippen molar-refractivity contribution in [3.05, 3.63) is 64.7 Å². The van der Waals surface area contributed by atoms with Crippen LogP contribution in [0.15, 0.2) is 48.5 Å². The van der Waals surface area contributed by atoms with Gasteiger partial charge in [0, 0.05) is 37.9 Å². The number of nitrogens with zero attached hydrogens (tertiary/aromatic N) is 2. The zero-order valence-corrected chi connectivity index (χ0v) is 18.6. The smallest absolute Gasteiger partial charge is 0.255 e. The number of carbonyl (C=O) groups excluding carboxylic acids is 2. The first-order chi connectivity index (χ1) is 14.9. The van der Waals surface area contributed by atoms with Crippen LogP contribution in [-0.4, -0.2) is 48.9 Å². The number of halogens is 1. The summed E-state index contributed by atoms with van der Waals surface area (Å²) in [5.74, 6) is 0.395. The van der Waals surface area contributed by atoms with Crippen LogP contribution in [0.5, 0.6) is 0 Å². The van der Waals surface area contributed by atoms with E-state index in [2.05, 4.69) is 4.90 Å². The fourth-order valence-corrected chi connectivity index (χ4v) is 5.14. The van der Waals surface area contributed by atoms with Gasteiger partial charge in [-0.1, -0.05) is 41.9 Å². The van der Waals surface area contributed by atoms with Crippen molar-refractivity contribution in [1.82, 2.24) is 4.90 Å². The lowest BCUT2D eigenvalue weighted by Gasteiger charge is -2.35. The number of hydrogen-bond acceptors (Lipinski definition) is 4. The van der Waals surface area contributed by atoms with E-state index in [1.54, 1.807) is 30.1 Å². The van der Waals surface area contributed by atoms with Crippen LogP contribution in [0.4, 0.5) is 5.69 Å². The summed E-state index contributed by atoms with van der Waals surface area (Å²) in [5.41, 5.74) is 2.63. The van der Waals surface area contributed by atoms with Gasteiger partial charge in [0.2, 0.25) is 0 Å². The third kappa shape index (κ3) is 4.63. The Morgan fingerprint density at radius 2 is 1.97 bits per heavy atom. The minimum Gasteiger partial charge on any atom is -0.378 e. The number of benzene rings is 2. The van der Waals surface area contributed by atoms with Crippen molar-refractivity contribution in [3.8, 4) is 0 Å². The van der Waals surface area contributed by atoms with Crippen molar-refractivity contribution in [2.45, 2.75) is 31.8 Å². The van der Waals surface area contributed by atoms with Crippen molar-refractivity contribution in [1.29, 1.82) is 0 Å². The zero-order chi connectivity index (χ0) is 22.0. The average molecular weight is 441 g/mol. The predicted octanol–water partition coefficient (Wildman–Crippen LogP) is 4.34. The number of aliphatic hydroxyl groups excluding tert-OH is 1. The second kappa shape index (κ2) is 9.01. The molecule has 1 aliphatic heterocycles. The van der Waals surface area contributed by atoms with Gasteiger partial charge in [0.05, 0.1) is 5.02 Å². The van der Waals surface area contributed by atoms with Crippen LogP contribution in [0.1, 0.15) is 47.7 Å².